The highest BCUT2D eigenvalue weighted by Crippen LogP contribution is 2.14. The molecule has 0 aliphatic carbocycles. The van der Waals surface area contributed by atoms with Crippen molar-refractivity contribution >= 4 is 5.91 Å². The summed E-state index contributed by atoms with van der Waals surface area (Å²) in [5, 5.41) is 11.8. The second kappa shape index (κ2) is 8.10. The maximum Gasteiger partial charge on any atom is 0.253 e. The van der Waals surface area contributed by atoms with Gasteiger partial charge in [0.15, 0.2) is 0 Å². The Labute approximate surface area is 167 Å². The molecule has 0 aliphatic rings. The molecule has 1 N–H and O–H groups in total. The zero-order valence-electron chi connectivity index (χ0n) is 15.9. The van der Waals surface area contributed by atoms with Crippen molar-refractivity contribution in [3.8, 4) is 11.4 Å². The van der Waals surface area contributed by atoms with Crippen molar-refractivity contribution in [3.05, 3.63) is 95.8 Å². The fourth-order valence-electron chi connectivity index (χ4n) is 3.05. The molecule has 2 aromatic heterocycles. The summed E-state index contributed by atoms with van der Waals surface area (Å²) < 4.78 is 16.4. The maximum atomic E-state index is 13.1. The number of rotatable bonds is 6. The Hall–Kier alpha value is -3.74. The molecular formula is C22H20FN5O. The zero-order chi connectivity index (χ0) is 20.2. The first-order chi connectivity index (χ1) is 14.1. The van der Waals surface area contributed by atoms with E-state index >= 15 is 0 Å². The van der Waals surface area contributed by atoms with Gasteiger partial charge >= 0.3 is 0 Å². The van der Waals surface area contributed by atoms with Crippen molar-refractivity contribution in [2.45, 2.75) is 13.3 Å². The molecule has 29 heavy (non-hydrogen) atoms. The number of carbonyl (C=O) groups is 1. The van der Waals surface area contributed by atoms with Crippen LogP contribution in [0.2, 0.25) is 0 Å². The van der Waals surface area contributed by atoms with Crippen molar-refractivity contribution < 1.29 is 9.18 Å². The third-order valence-electron chi connectivity index (χ3n) is 4.52. The van der Waals surface area contributed by atoms with E-state index in [2.05, 4.69) is 15.5 Å². The van der Waals surface area contributed by atoms with Gasteiger partial charge in [-0.2, -0.15) is 10.2 Å². The molecule has 7 heteroatoms. The monoisotopic (exact) mass is 389 g/mol. The molecule has 1 amide bonds. The van der Waals surface area contributed by atoms with Crippen LogP contribution in [-0.4, -0.2) is 32.0 Å². The number of hydrogen-bond donors (Lipinski definition) is 1. The van der Waals surface area contributed by atoms with Crippen molar-refractivity contribution in [3.63, 3.8) is 0 Å². The molecule has 0 fully saturated rings. The molecule has 146 valence electrons. The van der Waals surface area contributed by atoms with Gasteiger partial charge in [0, 0.05) is 25.4 Å². The van der Waals surface area contributed by atoms with Gasteiger partial charge in [-0.3, -0.25) is 4.79 Å². The Morgan fingerprint density at radius 3 is 2.48 bits per heavy atom. The van der Waals surface area contributed by atoms with Gasteiger partial charge in [0.05, 0.1) is 28.3 Å². The van der Waals surface area contributed by atoms with Gasteiger partial charge in [0.1, 0.15) is 5.82 Å². The molecule has 4 rings (SSSR count). The lowest BCUT2D eigenvalue weighted by atomic mass is 10.1. The van der Waals surface area contributed by atoms with Crippen LogP contribution in [-0.2, 0) is 6.42 Å². The molecule has 6 nitrogen and oxygen atoms in total. The van der Waals surface area contributed by atoms with E-state index in [9.17, 15) is 9.18 Å². The van der Waals surface area contributed by atoms with E-state index in [0.29, 0.717) is 18.5 Å². The molecule has 4 aromatic rings. The molecule has 0 saturated heterocycles. The van der Waals surface area contributed by atoms with Crippen LogP contribution in [0, 0.1) is 12.7 Å². The highest BCUT2D eigenvalue weighted by atomic mass is 19.1. The average molecular weight is 389 g/mol. The largest absolute Gasteiger partial charge is 0.352 e. The van der Waals surface area contributed by atoms with E-state index in [-0.39, 0.29) is 11.7 Å². The van der Waals surface area contributed by atoms with Crippen LogP contribution in [0.15, 0.2) is 73.1 Å². The van der Waals surface area contributed by atoms with E-state index in [0.717, 1.165) is 22.8 Å². The Bertz CT molecular complexity index is 1130. The predicted molar refractivity (Wildman–Crippen MR) is 108 cm³/mol. The number of hydrogen-bond acceptors (Lipinski definition) is 3. The summed E-state index contributed by atoms with van der Waals surface area (Å²) in [6.07, 6.45) is 4.24. The number of aromatic nitrogens is 4. The van der Waals surface area contributed by atoms with Gasteiger partial charge in [0.2, 0.25) is 0 Å². The van der Waals surface area contributed by atoms with Crippen LogP contribution in [0.5, 0.6) is 0 Å². The molecule has 0 radical (unpaired) electrons. The van der Waals surface area contributed by atoms with Crippen molar-refractivity contribution in [2.24, 2.45) is 0 Å². The second-order valence-corrected chi connectivity index (χ2v) is 6.65. The summed E-state index contributed by atoms with van der Waals surface area (Å²) in [7, 11) is 0. The zero-order valence-corrected chi connectivity index (χ0v) is 15.9. The Kier molecular flexibility index (Phi) is 5.20. The fourth-order valence-corrected chi connectivity index (χ4v) is 3.05. The molecule has 2 heterocycles. The van der Waals surface area contributed by atoms with E-state index in [1.54, 1.807) is 27.6 Å². The SMILES string of the molecule is Cc1ccn(-c2ccccc2C(=O)NCCc2ccn(-c3ccc(F)cc3)n2)n1. The smallest absolute Gasteiger partial charge is 0.253 e. The number of nitrogens with zero attached hydrogens (tertiary/aromatic N) is 4. The number of nitrogens with one attached hydrogen (secondary N) is 1. The van der Waals surface area contributed by atoms with E-state index in [1.165, 1.54) is 12.1 Å². The molecule has 0 spiro atoms. The summed E-state index contributed by atoms with van der Waals surface area (Å²) in [5.41, 5.74) is 3.80. The minimum atomic E-state index is -0.283. The van der Waals surface area contributed by atoms with Gasteiger partial charge in [-0.15, -0.1) is 0 Å². The summed E-state index contributed by atoms with van der Waals surface area (Å²) in [4.78, 5) is 12.7. The van der Waals surface area contributed by atoms with E-state index in [1.807, 2.05) is 49.6 Å². The topological polar surface area (TPSA) is 64.7 Å². The first kappa shape index (κ1) is 18.6. The molecule has 0 atom stereocenters. The number of aryl methyl sites for hydroxylation is 1. The maximum absolute atomic E-state index is 13.1. The number of para-hydroxylation sites is 1. The van der Waals surface area contributed by atoms with Crippen LogP contribution in [0.4, 0.5) is 4.39 Å². The lowest BCUT2D eigenvalue weighted by Crippen LogP contribution is -2.27. The molecule has 0 bridgehead atoms. The molecule has 2 aromatic carbocycles. The highest BCUT2D eigenvalue weighted by Gasteiger charge is 2.13. The molecule has 0 aliphatic heterocycles. The minimum Gasteiger partial charge on any atom is -0.352 e. The number of halogens is 1. The number of amides is 1. The van der Waals surface area contributed by atoms with Gasteiger partial charge in [0.25, 0.3) is 5.91 Å². The van der Waals surface area contributed by atoms with Crippen LogP contribution < -0.4 is 5.32 Å². The molecular weight excluding hydrogens is 369 g/mol. The molecule has 0 unspecified atom stereocenters. The Balaban J connectivity index is 1.39. The van der Waals surface area contributed by atoms with Gasteiger partial charge in [-0.25, -0.2) is 13.8 Å². The van der Waals surface area contributed by atoms with E-state index in [4.69, 9.17) is 0 Å². The van der Waals surface area contributed by atoms with Crippen molar-refractivity contribution in [2.75, 3.05) is 6.54 Å². The van der Waals surface area contributed by atoms with E-state index < -0.39 is 0 Å². The average Bonchev–Trinajstić information content (AvgIpc) is 3.38. The molecule has 0 saturated carbocycles. The predicted octanol–water partition coefficient (Wildman–Crippen LogP) is 3.48. The van der Waals surface area contributed by atoms with Crippen molar-refractivity contribution in [1.29, 1.82) is 0 Å². The Morgan fingerprint density at radius 2 is 1.72 bits per heavy atom. The Morgan fingerprint density at radius 1 is 0.966 bits per heavy atom. The lowest BCUT2D eigenvalue weighted by molar-refractivity contribution is 0.0954. The summed E-state index contributed by atoms with van der Waals surface area (Å²) in [5.74, 6) is -0.443. The van der Waals surface area contributed by atoms with Gasteiger partial charge in [-0.05, 0) is 55.5 Å². The standard InChI is InChI=1S/C22H20FN5O/c1-16-11-14-28(25-16)21-5-3-2-4-20(21)22(29)24-13-10-18-12-15-27(26-18)19-8-6-17(23)7-9-19/h2-9,11-12,14-15H,10,13H2,1H3,(H,24,29). The minimum absolute atomic E-state index is 0.160. The van der Waals surface area contributed by atoms with Crippen LogP contribution in [0.3, 0.4) is 0 Å². The van der Waals surface area contributed by atoms with Gasteiger partial charge in [-0.1, -0.05) is 12.1 Å². The first-order valence-electron chi connectivity index (χ1n) is 9.30. The van der Waals surface area contributed by atoms with Crippen LogP contribution in [0.1, 0.15) is 21.7 Å². The third-order valence-corrected chi connectivity index (χ3v) is 4.52. The van der Waals surface area contributed by atoms with Crippen LogP contribution >= 0.6 is 0 Å². The fraction of sp³-hybridized carbons (Fsp3) is 0.136. The highest BCUT2D eigenvalue weighted by molar-refractivity contribution is 5.97. The van der Waals surface area contributed by atoms with Crippen molar-refractivity contribution in [1.82, 2.24) is 24.9 Å². The lowest BCUT2D eigenvalue weighted by Gasteiger charge is -2.10. The summed E-state index contributed by atoms with van der Waals surface area (Å²) in [6.45, 7) is 2.36. The quantitative estimate of drug-likeness (QED) is 0.549. The third kappa shape index (κ3) is 4.24. The van der Waals surface area contributed by atoms with Gasteiger partial charge < -0.3 is 5.32 Å². The number of benzene rings is 2. The first-order valence-corrected chi connectivity index (χ1v) is 9.30. The second-order valence-electron chi connectivity index (χ2n) is 6.65. The normalized spacial score (nSPS) is 10.8. The summed E-state index contributed by atoms with van der Waals surface area (Å²) >= 11 is 0. The number of carbonyl (C=O) groups excluding carboxylic acids is 1. The van der Waals surface area contributed by atoms with Crippen LogP contribution in [0.25, 0.3) is 11.4 Å². The summed E-state index contributed by atoms with van der Waals surface area (Å²) in [6, 6.07) is 17.3.